The zero-order chi connectivity index (χ0) is 11.9. The molecule has 0 spiro atoms. The summed E-state index contributed by atoms with van der Waals surface area (Å²) in [5, 5.41) is 9.48. The van der Waals surface area contributed by atoms with Crippen molar-refractivity contribution in [3.05, 3.63) is 23.3 Å². The van der Waals surface area contributed by atoms with Gasteiger partial charge in [0.05, 0.1) is 30.4 Å². The smallest absolute Gasteiger partial charge is 0.229 e. The summed E-state index contributed by atoms with van der Waals surface area (Å²) in [4.78, 5) is 13.3. The molecule has 1 unspecified atom stereocenters. The van der Waals surface area contributed by atoms with Crippen molar-refractivity contribution < 1.29 is 9.90 Å². The SMILES string of the molecule is Cc1ccc(N)c(N2CC(O)CC2=O)c1C. The van der Waals surface area contributed by atoms with Gasteiger partial charge < -0.3 is 15.7 Å². The van der Waals surface area contributed by atoms with E-state index in [1.165, 1.54) is 0 Å². The number of hydrogen-bond acceptors (Lipinski definition) is 3. The Bertz CT molecular complexity index is 443. The fourth-order valence-corrected chi connectivity index (χ4v) is 2.09. The van der Waals surface area contributed by atoms with E-state index in [4.69, 9.17) is 5.73 Å². The number of carbonyl (C=O) groups excluding carboxylic acids is 1. The predicted octanol–water partition coefficient (Wildman–Crippen LogP) is 0.983. The van der Waals surface area contributed by atoms with Crippen molar-refractivity contribution in [2.24, 2.45) is 0 Å². The second-order valence-corrected chi connectivity index (χ2v) is 4.31. The van der Waals surface area contributed by atoms with Crippen molar-refractivity contribution >= 4 is 17.3 Å². The molecule has 1 atom stereocenters. The highest BCUT2D eigenvalue weighted by molar-refractivity contribution is 5.99. The van der Waals surface area contributed by atoms with Gasteiger partial charge >= 0.3 is 0 Å². The number of benzene rings is 1. The molecule has 1 heterocycles. The summed E-state index contributed by atoms with van der Waals surface area (Å²) in [5.41, 5.74) is 9.34. The number of β-amino-alcohol motifs (C(OH)–C–C–N with tert-alkyl or cyclic N) is 1. The monoisotopic (exact) mass is 220 g/mol. The van der Waals surface area contributed by atoms with Crippen LogP contribution in [0, 0.1) is 13.8 Å². The largest absolute Gasteiger partial charge is 0.397 e. The quantitative estimate of drug-likeness (QED) is 0.693. The molecule has 86 valence electrons. The van der Waals surface area contributed by atoms with Crippen LogP contribution in [0.4, 0.5) is 11.4 Å². The summed E-state index contributed by atoms with van der Waals surface area (Å²) in [7, 11) is 0. The fraction of sp³-hybridized carbons (Fsp3) is 0.417. The van der Waals surface area contributed by atoms with Crippen molar-refractivity contribution in [3.63, 3.8) is 0 Å². The molecule has 0 radical (unpaired) electrons. The zero-order valence-electron chi connectivity index (χ0n) is 9.53. The molecule has 0 bridgehead atoms. The van der Waals surface area contributed by atoms with Crippen LogP contribution in [0.25, 0.3) is 0 Å². The molecule has 1 fully saturated rings. The van der Waals surface area contributed by atoms with E-state index >= 15 is 0 Å². The minimum absolute atomic E-state index is 0.0621. The number of nitrogens with two attached hydrogens (primary N) is 1. The number of aryl methyl sites for hydroxylation is 1. The highest BCUT2D eigenvalue weighted by Gasteiger charge is 2.31. The molecule has 3 N–H and O–H groups in total. The lowest BCUT2D eigenvalue weighted by Crippen LogP contribution is -2.27. The molecule has 2 rings (SSSR count). The summed E-state index contributed by atoms with van der Waals surface area (Å²) in [6.07, 6.45) is -0.390. The summed E-state index contributed by atoms with van der Waals surface area (Å²) < 4.78 is 0. The lowest BCUT2D eigenvalue weighted by Gasteiger charge is -2.21. The average molecular weight is 220 g/mol. The van der Waals surface area contributed by atoms with Gasteiger partial charge in [-0.25, -0.2) is 0 Å². The third-order valence-electron chi connectivity index (χ3n) is 3.11. The molecule has 4 heteroatoms. The number of nitrogen functional groups attached to an aromatic ring is 1. The molecule has 1 saturated heterocycles. The van der Waals surface area contributed by atoms with E-state index in [2.05, 4.69) is 0 Å². The number of aliphatic hydroxyl groups is 1. The van der Waals surface area contributed by atoms with E-state index in [0.29, 0.717) is 12.2 Å². The maximum atomic E-state index is 11.7. The van der Waals surface area contributed by atoms with E-state index < -0.39 is 6.10 Å². The standard InChI is InChI=1S/C12H16N2O2/c1-7-3-4-10(13)12(8(7)2)14-6-9(15)5-11(14)16/h3-4,9,15H,5-6,13H2,1-2H3. The van der Waals surface area contributed by atoms with E-state index in [0.717, 1.165) is 16.8 Å². The van der Waals surface area contributed by atoms with Crippen LogP contribution in [0.1, 0.15) is 17.5 Å². The van der Waals surface area contributed by atoms with E-state index in [1.54, 1.807) is 11.0 Å². The Labute approximate surface area is 94.7 Å². The highest BCUT2D eigenvalue weighted by atomic mass is 16.3. The molecule has 1 aliphatic heterocycles. The van der Waals surface area contributed by atoms with Crippen LogP contribution in [0.5, 0.6) is 0 Å². The maximum Gasteiger partial charge on any atom is 0.229 e. The Hall–Kier alpha value is -1.55. The number of rotatable bonds is 1. The number of amides is 1. The molecular formula is C12H16N2O2. The Kier molecular flexibility index (Phi) is 2.59. The molecule has 1 aliphatic rings. The van der Waals surface area contributed by atoms with Crippen LogP contribution in [0.3, 0.4) is 0 Å². The number of hydrogen-bond donors (Lipinski definition) is 2. The van der Waals surface area contributed by atoms with Crippen LogP contribution in [-0.4, -0.2) is 23.7 Å². The minimum Gasteiger partial charge on any atom is -0.397 e. The van der Waals surface area contributed by atoms with Crippen LogP contribution in [0.2, 0.25) is 0 Å². The lowest BCUT2D eigenvalue weighted by molar-refractivity contribution is -0.117. The second kappa shape index (κ2) is 3.79. The second-order valence-electron chi connectivity index (χ2n) is 4.31. The molecule has 0 aromatic heterocycles. The number of aliphatic hydroxyl groups excluding tert-OH is 1. The van der Waals surface area contributed by atoms with Gasteiger partial charge in [0.15, 0.2) is 0 Å². The Balaban J connectivity index is 2.48. The Morgan fingerprint density at radius 2 is 2.12 bits per heavy atom. The van der Waals surface area contributed by atoms with Gasteiger partial charge in [-0.15, -0.1) is 0 Å². The van der Waals surface area contributed by atoms with Crippen LogP contribution < -0.4 is 10.6 Å². The third kappa shape index (κ3) is 1.65. The van der Waals surface area contributed by atoms with Crippen molar-refractivity contribution in [1.82, 2.24) is 0 Å². The average Bonchev–Trinajstić information content (AvgIpc) is 2.53. The van der Waals surface area contributed by atoms with Gasteiger partial charge in [0, 0.05) is 0 Å². The first-order valence-electron chi connectivity index (χ1n) is 5.35. The Morgan fingerprint density at radius 3 is 2.69 bits per heavy atom. The van der Waals surface area contributed by atoms with Gasteiger partial charge in [-0.2, -0.15) is 0 Å². The van der Waals surface area contributed by atoms with Crippen LogP contribution in [-0.2, 0) is 4.79 Å². The van der Waals surface area contributed by atoms with Crippen LogP contribution in [0.15, 0.2) is 12.1 Å². The van der Waals surface area contributed by atoms with Gasteiger partial charge in [-0.1, -0.05) is 6.07 Å². The van der Waals surface area contributed by atoms with Gasteiger partial charge in [0.1, 0.15) is 0 Å². The molecule has 0 saturated carbocycles. The first kappa shape index (κ1) is 11.0. The predicted molar refractivity (Wildman–Crippen MR) is 63.3 cm³/mol. The number of anilines is 2. The summed E-state index contributed by atoms with van der Waals surface area (Å²) in [5.74, 6) is -0.0621. The molecule has 16 heavy (non-hydrogen) atoms. The van der Waals surface area contributed by atoms with Gasteiger partial charge in [0.25, 0.3) is 0 Å². The van der Waals surface area contributed by atoms with Crippen molar-refractivity contribution in [3.8, 4) is 0 Å². The van der Waals surface area contributed by atoms with Gasteiger partial charge in [-0.3, -0.25) is 4.79 Å². The van der Waals surface area contributed by atoms with Crippen molar-refractivity contribution in [2.45, 2.75) is 26.4 Å². The number of nitrogens with zero attached hydrogens (tertiary/aromatic N) is 1. The fourth-order valence-electron chi connectivity index (χ4n) is 2.09. The summed E-state index contributed by atoms with van der Waals surface area (Å²) in [6, 6.07) is 3.74. The van der Waals surface area contributed by atoms with Crippen molar-refractivity contribution in [2.75, 3.05) is 17.2 Å². The highest BCUT2D eigenvalue weighted by Crippen LogP contribution is 2.32. The third-order valence-corrected chi connectivity index (χ3v) is 3.11. The minimum atomic E-state index is -0.577. The van der Waals surface area contributed by atoms with E-state index in [9.17, 15) is 9.90 Å². The van der Waals surface area contributed by atoms with Crippen molar-refractivity contribution in [1.29, 1.82) is 0 Å². The zero-order valence-corrected chi connectivity index (χ0v) is 9.53. The maximum absolute atomic E-state index is 11.7. The van der Waals surface area contributed by atoms with Gasteiger partial charge in [0.2, 0.25) is 5.91 Å². The molecule has 4 nitrogen and oxygen atoms in total. The molecule has 0 aliphatic carbocycles. The number of carbonyl (C=O) groups is 1. The first-order valence-corrected chi connectivity index (χ1v) is 5.35. The molecular weight excluding hydrogens is 204 g/mol. The topological polar surface area (TPSA) is 66.6 Å². The van der Waals surface area contributed by atoms with E-state index in [-0.39, 0.29) is 12.3 Å². The van der Waals surface area contributed by atoms with Gasteiger partial charge in [-0.05, 0) is 31.0 Å². The summed E-state index contributed by atoms with van der Waals surface area (Å²) >= 11 is 0. The molecule has 1 aromatic rings. The molecule has 1 aromatic carbocycles. The normalized spacial score (nSPS) is 20.6. The van der Waals surface area contributed by atoms with E-state index in [1.807, 2.05) is 19.9 Å². The Morgan fingerprint density at radius 1 is 1.44 bits per heavy atom. The first-order chi connectivity index (χ1) is 7.50. The lowest BCUT2D eigenvalue weighted by atomic mass is 10.1. The summed E-state index contributed by atoms with van der Waals surface area (Å²) in [6.45, 7) is 4.27. The van der Waals surface area contributed by atoms with Crippen LogP contribution >= 0.6 is 0 Å². The molecule has 1 amide bonds.